The van der Waals surface area contributed by atoms with Gasteiger partial charge in [0.2, 0.25) is 0 Å². The minimum atomic E-state index is 0.0869. The molecule has 2 heterocycles. The van der Waals surface area contributed by atoms with Crippen molar-refractivity contribution in [3.8, 4) is 0 Å². The van der Waals surface area contributed by atoms with Gasteiger partial charge in [0.15, 0.2) is 0 Å². The van der Waals surface area contributed by atoms with Crippen molar-refractivity contribution in [2.75, 3.05) is 6.54 Å². The van der Waals surface area contributed by atoms with Gasteiger partial charge in [-0.1, -0.05) is 53.5 Å². The Hall–Kier alpha value is -1.85. The Balaban J connectivity index is 1.55. The van der Waals surface area contributed by atoms with Crippen molar-refractivity contribution >= 4 is 23.2 Å². The highest BCUT2D eigenvalue weighted by molar-refractivity contribution is 6.34. The summed E-state index contributed by atoms with van der Waals surface area (Å²) in [6, 6.07) is 16.3. The average molecular weight is 416 g/mol. The number of aromatic amines is 1. The average Bonchev–Trinajstić information content (AvgIpc) is 3.19. The Morgan fingerprint density at radius 2 is 1.89 bits per heavy atom. The number of imidazole rings is 1. The van der Waals surface area contributed by atoms with Gasteiger partial charge >= 0.3 is 0 Å². The van der Waals surface area contributed by atoms with E-state index in [9.17, 15) is 0 Å². The van der Waals surface area contributed by atoms with Crippen LogP contribution in [0.25, 0.3) is 0 Å². The fourth-order valence-electron chi connectivity index (χ4n) is 3.93. The highest BCUT2D eigenvalue weighted by atomic mass is 35.5. The normalized spacial score (nSPS) is 20.4. The van der Waals surface area contributed by atoms with Crippen molar-refractivity contribution in [1.29, 1.82) is 0 Å². The standard InChI is InChI=1S/C22H23Cl2N3O/c23-18-11-16(12-19(24)13-18)15-28-20-7-4-10-27(14-21-25-8-9-26-21)22(20)17-5-2-1-3-6-17/h1-3,5-6,8-9,11-13,20,22H,4,7,10,14-15H2,(H,25,26)/t20-,22-/m0/s1. The molecule has 0 unspecified atom stereocenters. The summed E-state index contributed by atoms with van der Waals surface area (Å²) in [6.07, 6.45) is 5.86. The monoisotopic (exact) mass is 415 g/mol. The highest BCUT2D eigenvalue weighted by Crippen LogP contribution is 2.35. The van der Waals surface area contributed by atoms with Crippen molar-refractivity contribution in [2.24, 2.45) is 0 Å². The van der Waals surface area contributed by atoms with Gasteiger partial charge in [0, 0.05) is 22.4 Å². The van der Waals surface area contributed by atoms with Crippen LogP contribution in [-0.2, 0) is 17.9 Å². The van der Waals surface area contributed by atoms with Crippen molar-refractivity contribution in [3.63, 3.8) is 0 Å². The summed E-state index contributed by atoms with van der Waals surface area (Å²) >= 11 is 12.3. The first-order valence-electron chi connectivity index (χ1n) is 9.53. The molecule has 0 spiro atoms. The second kappa shape index (κ2) is 9.10. The third-order valence-electron chi connectivity index (χ3n) is 5.11. The molecule has 1 N–H and O–H groups in total. The molecule has 0 bridgehead atoms. The highest BCUT2D eigenvalue weighted by Gasteiger charge is 2.33. The molecule has 1 fully saturated rings. The van der Waals surface area contributed by atoms with Crippen LogP contribution in [0, 0.1) is 0 Å². The molecule has 2 atom stereocenters. The van der Waals surface area contributed by atoms with Crippen LogP contribution in [0.15, 0.2) is 60.9 Å². The Morgan fingerprint density at radius 3 is 2.61 bits per heavy atom. The molecule has 146 valence electrons. The summed E-state index contributed by atoms with van der Waals surface area (Å²) in [5.41, 5.74) is 2.26. The number of piperidine rings is 1. The van der Waals surface area contributed by atoms with Crippen LogP contribution in [0.3, 0.4) is 0 Å². The third kappa shape index (κ3) is 4.76. The van der Waals surface area contributed by atoms with Gasteiger partial charge in [0.1, 0.15) is 5.82 Å². The number of ether oxygens (including phenoxy) is 1. The van der Waals surface area contributed by atoms with Gasteiger partial charge in [-0.15, -0.1) is 0 Å². The zero-order valence-electron chi connectivity index (χ0n) is 15.5. The second-order valence-electron chi connectivity index (χ2n) is 7.13. The predicted octanol–water partition coefficient (Wildman–Crippen LogP) is 5.64. The van der Waals surface area contributed by atoms with Crippen LogP contribution < -0.4 is 0 Å². The minimum Gasteiger partial charge on any atom is -0.372 e. The first-order valence-corrected chi connectivity index (χ1v) is 10.3. The number of hydrogen-bond donors (Lipinski definition) is 1. The predicted molar refractivity (Wildman–Crippen MR) is 112 cm³/mol. The summed E-state index contributed by atoms with van der Waals surface area (Å²) in [6.45, 7) is 2.28. The minimum absolute atomic E-state index is 0.0869. The Kier molecular flexibility index (Phi) is 6.33. The van der Waals surface area contributed by atoms with Crippen molar-refractivity contribution in [3.05, 3.63) is 87.9 Å². The maximum absolute atomic E-state index is 6.41. The molecular weight excluding hydrogens is 393 g/mol. The molecular formula is C22H23Cl2N3O. The van der Waals surface area contributed by atoms with Crippen LogP contribution in [0.1, 0.15) is 35.8 Å². The SMILES string of the molecule is Clc1cc(Cl)cc(CO[C@H]2CCCN(Cc3ncc[nH]3)[C@H]2c2ccccc2)c1. The fraction of sp³-hybridized carbons (Fsp3) is 0.318. The van der Waals surface area contributed by atoms with Gasteiger partial charge in [-0.3, -0.25) is 4.90 Å². The first-order chi connectivity index (χ1) is 13.7. The first kappa shape index (κ1) is 19.5. The van der Waals surface area contributed by atoms with E-state index in [1.165, 1.54) is 5.56 Å². The van der Waals surface area contributed by atoms with Gasteiger partial charge in [0.25, 0.3) is 0 Å². The number of nitrogens with one attached hydrogen (secondary N) is 1. The Labute approximate surface area is 175 Å². The molecule has 6 heteroatoms. The van der Waals surface area contributed by atoms with Gasteiger partial charge in [-0.25, -0.2) is 4.98 Å². The zero-order chi connectivity index (χ0) is 19.3. The molecule has 4 nitrogen and oxygen atoms in total. The Morgan fingerprint density at radius 1 is 1.11 bits per heavy atom. The molecule has 0 radical (unpaired) electrons. The molecule has 28 heavy (non-hydrogen) atoms. The topological polar surface area (TPSA) is 41.1 Å². The van der Waals surface area contributed by atoms with Gasteiger partial charge in [-0.2, -0.15) is 0 Å². The summed E-state index contributed by atoms with van der Waals surface area (Å²) in [4.78, 5) is 10.1. The molecule has 0 aliphatic carbocycles. The molecule has 1 aliphatic rings. The van der Waals surface area contributed by atoms with Gasteiger partial charge in [0.05, 0.1) is 25.3 Å². The zero-order valence-corrected chi connectivity index (χ0v) is 17.0. The van der Waals surface area contributed by atoms with E-state index in [1.54, 1.807) is 12.3 Å². The number of aromatic nitrogens is 2. The van der Waals surface area contributed by atoms with E-state index in [-0.39, 0.29) is 12.1 Å². The lowest BCUT2D eigenvalue weighted by atomic mass is 9.92. The maximum atomic E-state index is 6.41. The summed E-state index contributed by atoms with van der Waals surface area (Å²) in [7, 11) is 0. The van der Waals surface area contributed by atoms with Crippen molar-refractivity contribution in [2.45, 2.75) is 38.1 Å². The smallest absolute Gasteiger partial charge is 0.120 e. The van der Waals surface area contributed by atoms with E-state index in [0.717, 1.165) is 37.3 Å². The second-order valence-corrected chi connectivity index (χ2v) is 8.00. The van der Waals surface area contributed by atoms with Crippen LogP contribution in [0.2, 0.25) is 10.0 Å². The molecule has 4 rings (SSSR count). The van der Waals surface area contributed by atoms with Crippen LogP contribution in [0.4, 0.5) is 0 Å². The van der Waals surface area contributed by atoms with Crippen molar-refractivity contribution in [1.82, 2.24) is 14.9 Å². The lowest BCUT2D eigenvalue weighted by molar-refractivity contribution is -0.0559. The van der Waals surface area contributed by atoms with Gasteiger partial charge < -0.3 is 9.72 Å². The van der Waals surface area contributed by atoms with E-state index in [1.807, 2.05) is 24.4 Å². The van der Waals surface area contributed by atoms with E-state index in [4.69, 9.17) is 27.9 Å². The molecule has 2 aromatic carbocycles. The van der Waals surface area contributed by atoms with E-state index < -0.39 is 0 Å². The number of rotatable bonds is 6. The van der Waals surface area contributed by atoms with Crippen molar-refractivity contribution < 1.29 is 4.74 Å². The summed E-state index contributed by atoms with van der Waals surface area (Å²) < 4.78 is 6.41. The largest absolute Gasteiger partial charge is 0.372 e. The molecule has 0 saturated carbocycles. The number of halogens is 2. The number of likely N-dealkylation sites (tertiary alicyclic amines) is 1. The van der Waals surface area contributed by atoms with E-state index in [2.05, 4.69) is 39.1 Å². The number of benzene rings is 2. The lowest BCUT2D eigenvalue weighted by Crippen LogP contribution is -2.42. The number of H-pyrrole nitrogens is 1. The number of nitrogens with zero attached hydrogens (tertiary/aromatic N) is 2. The molecule has 1 saturated heterocycles. The molecule has 3 aromatic rings. The summed E-state index contributed by atoms with van der Waals surface area (Å²) in [5, 5.41) is 1.27. The molecule has 1 aliphatic heterocycles. The lowest BCUT2D eigenvalue weighted by Gasteiger charge is -2.41. The number of hydrogen-bond acceptors (Lipinski definition) is 3. The molecule has 0 amide bonds. The van der Waals surface area contributed by atoms with E-state index >= 15 is 0 Å². The quantitative estimate of drug-likeness (QED) is 0.566. The fourth-order valence-corrected chi connectivity index (χ4v) is 4.50. The van der Waals surface area contributed by atoms with Crippen LogP contribution in [-0.4, -0.2) is 27.5 Å². The third-order valence-corrected chi connectivity index (χ3v) is 5.55. The summed E-state index contributed by atoms with van der Waals surface area (Å²) in [5.74, 6) is 0.975. The maximum Gasteiger partial charge on any atom is 0.120 e. The Bertz CT molecular complexity index is 866. The van der Waals surface area contributed by atoms with Crippen LogP contribution in [0.5, 0.6) is 0 Å². The van der Waals surface area contributed by atoms with Crippen LogP contribution >= 0.6 is 23.2 Å². The van der Waals surface area contributed by atoms with E-state index in [0.29, 0.717) is 16.7 Å². The van der Waals surface area contributed by atoms with Gasteiger partial charge in [-0.05, 0) is 48.7 Å². The molecule has 1 aromatic heterocycles.